The number of carboxylic acids is 3. The number of carbonyl (C=O) groups is 4. The van der Waals surface area contributed by atoms with Crippen LogP contribution in [0, 0.1) is 0 Å². The van der Waals surface area contributed by atoms with E-state index in [2.05, 4.69) is 0 Å². The minimum atomic E-state index is -1.19. The van der Waals surface area contributed by atoms with E-state index in [1.165, 1.54) is 4.90 Å². The molecule has 2 fully saturated rings. The monoisotopic (exact) mass is 444 g/mol. The van der Waals surface area contributed by atoms with Crippen LogP contribution in [0.15, 0.2) is 0 Å². The van der Waals surface area contributed by atoms with Crippen molar-refractivity contribution in [3.05, 3.63) is 0 Å². The number of fused-ring (bicyclic) bond motifs is 1. The third-order valence-electron chi connectivity index (χ3n) is 6.21. The molecule has 1 saturated carbocycles. The molecule has 1 saturated heterocycles. The Hall–Kier alpha value is -2.28. The van der Waals surface area contributed by atoms with Gasteiger partial charge in [-0.05, 0) is 25.8 Å². The Morgan fingerprint density at radius 2 is 1.55 bits per heavy atom. The Morgan fingerprint density at radius 1 is 1.00 bits per heavy atom. The van der Waals surface area contributed by atoms with Gasteiger partial charge in [-0.25, -0.2) is 0 Å². The van der Waals surface area contributed by atoms with Crippen LogP contribution in [-0.2, 0) is 23.9 Å². The smallest absolute Gasteiger partial charge is 0.317 e. The molecule has 12 heteroatoms. The second-order valence-corrected chi connectivity index (χ2v) is 8.26. The molecule has 0 spiro atoms. The lowest BCUT2D eigenvalue weighted by Crippen LogP contribution is -2.63. The zero-order valence-electron chi connectivity index (χ0n) is 17.5. The lowest BCUT2D eigenvalue weighted by molar-refractivity contribution is -0.147. The maximum absolute atomic E-state index is 11.6. The quantitative estimate of drug-likeness (QED) is 0.262. The van der Waals surface area contributed by atoms with E-state index in [1.54, 1.807) is 4.90 Å². The molecule has 2 aliphatic rings. The number of nitrogens with zero attached hydrogens (tertiary/aromatic N) is 3. The summed E-state index contributed by atoms with van der Waals surface area (Å²) in [6.07, 6.45) is 3.60. The van der Waals surface area contributed by atoms with Crippen LogP contribution in [0.1, 0.15) is 32.1 Å². The summed E-state index contributed by atoms with van der Waals surface area (Å²) in [4.78, 5) is 50.8. The highest BCUT2D eigenvalue weighted by Crippen LogP contribution is 2.35. The van der Waals surface area contributed by atoms with Crippen molar-refractivity contribution in [2.24, 2.45) is 5.73 Å². The summed E-state index contributed by atoms with van der Waals surface area (Å²) in [6, 6.07) is -0.250. The molecule has 31 heavy (non-hydrogen) atoms. The van der Waals surface area contributed by atoms with Gasteiger partial charge in [-0.15, -0.1) is 0 Å². The molecule has 1 unspecified atom stereocenters. The van der Waals surface area contributed by atoms with Crippen LogP contribution in [0.4, 0.5) is 0 Å². The van der Waals surface area contributed by atoms with E-state index < -0.39 is 36.5 Å². The topological polar surface area (TPSA) is 174 Å². The molecular formula is C19H32N4O8. The van der Waals surface area contributed by atoms with Gasteiger partial charge in [0, 0.05) is 30.7 Å². The molecule has 1 aliphatic carbocycles. The molecule has 176 valence electrons. The lowest BCUT2D eigenvalue weighted by Gasteiger charge is -2.45. The number of carboxylic acid groups (broad SMARTS) is 3. The van der Waals surface area contributed by atoms with Gasteiger partial charge in [0.2, 0.25) is 0 Å². The molecule has 0 aromatic heterocycles. The molecule has 0 aromatic carbocycles. The first kappa shape index (κ1) is 25.0. The van der Waals surface area contributed by atoms with Gasteiger partial charge in [0.25, 0.3) is 6.47 Å². The van der Waals surface area contributed by atoms with Crippen molar-refractivity contribution in [3.63, 3.8) is 0 Å². The van der Waals surface area contributed by atoms with Crippen LogP contribution in [0.3, 0.4) is 0 Å². The van der Waals surface area contributed by atoms with Crippen LogP contribution in [0.2, 0.25) is 0 Å². The molecule has 12 nitrogen and oxygen atoms in total. The van der Waals surface area contributed by atoms with Crippen molar-refractivity contribution >= 4 is 24.4 Å². The SMILES string of the molecule is NCCC1(N(CC(=O)O)CC(=O)O)CN(COC=O)[C@H]2CCCC[C@@H]2N(CC(=O)O)C1. The molecule has 0 bridgehead atoms. The highest BCUT2D eigenvalue weighted by molar-refractivity contribution is 5.73. The Morgan fingerprint density at radius 3 is 2.03 bits per heavy atom. The third-order valence-corrected chi connectivity index (χ3v) is 6.21. The molecule has 1 aliphatic heterocycles. The second kappa shape index (κ2) is 11.4. The van der Waals surface area contributed by atoms with Gasteiger partial charge in [0.15, 0.2) is 0 Å². The first-order valence-corrected chi connectivity index (χ1v) is 10.4. The second-order valence-electron chi connectivity index (χ2n) is 8.26. The van der Waals surface area contributed by atoms with Crippen molar-refractivity contribution in [2.45, 2.75) is 49.7 Å². The number of carbonyl (C=O) groups excluding carboxylic acids is 1. The van der Waals surface area contributed by atoms with Crippen LogP contribution in [0.25, 0.3) is 0 Å². The Bertz CT molecular complexity index is 647. The maximum atomic E-state index is 11.6. The Balaban J connectivity index is 2.55. The summed E-state index contributed by atoms with van der Waals surface area (Å²) < 4.78 is 5.04. The van der Waals surface area contributed by atoms with Crippen LogP contribution in [0.5, 0.6) is 0 Å². The molecule has 0 radical (unpaired) electrons. The van der Waals surface area contributed by atoms with Crippen LogP contribution >= 0.6 is 0 Å². The van der Waals surface area contributed by atoms with Crippen molar-refractivity contribution < 1.29 is 39.2 Å². The number of hydrogen-bond donors (Lipinski definition) is 4. The lowest BCUT2D eigenvalue weighted by atomic mass is 9.88. The van der Waals surface area contributed by atoms with E-state index in [0.717, 1.165) is 25.7 Å². The standard InChI is InChI=1S/C19H32N4O8/c20-6-5-19(23(8-17(27)28)9-18(29)30)10-21(7-16(25)26)14-3-1-2-4-15(14)22(11-19)12-31-13-24/h13-15H,1-12,20H2,(H,25,26)(H,27,28)(H,29,30)/t14-,15-,19?/m0/s1. The summed E-state index contributed by atoms with van der Waals surface area (Å²) in [7, 11) is 0. The first-order valence-electron chi connectivity index (χ1n) is 10.4. The van der Waals surface area contributed by atoms with Gasteiger partial charge >= 0.3 is 17.9 Å². The van der Waals surface area contributed by atoms with Gasteiger partial charge in [-0.1, -0.05) is 12.8 Å². The van der Waals surface area contributed by atoms with E-state index >= 15 is 0 Å². The van der Waals surface area contributed by atoms with Crippen molar-refractivity contribution in [1.29, 1.82) is 0 Å². The number of hydrogen-bond acceptors (Lipinski definition) is 9. The highest BCUT2D eigenvalue weighted by Gasteiger charge is 2.49. The average Bonchev–Trinajstić information content (AvgIpc) is 2.81. The van der Waals surface area contributed by atoms with Crippen molar-refractivity contribution in [1.82, 2.24) is 14.7 Å². The van der Waals surface area contributed by atoms with Crippen molar-refractivity contribution in [3.8, 4) is 0 Å². The first-order chi connectivity index (χ1) is 14.7. The highest BCUT2D eigenvalue weighted by atomic mass is 16.5. The number of nitrogens with two attached hydrogens (primary N) is 1. The zero-order chi connectivity index (χ0) is 23.0. The summed E-state index contributed by atoms with van der Waals surface area (Å²) in [5.74, 6) is -3.41. The van der Waals surface area contributed by atoms with E-state index in [-0.39, 0.29) is 51.4 Å². The number of ether oxygens (including phenoxy) is 1. The Labute approximate surface area is 180 Å². The molecule has 1 heterocycles. The summed E-state index contributed by atoms with van der Waals surface area (Å²) in [5.41, 5.74) is 4.82. The fourth-order valence-corrected chi connectivity index (χ4v) is 5.10. The summed E-state index contributed by atoms with van der Waals surface area (Å²) in [5, 5.41) is 28.4. The normalized spacial score (nSPS) is 27.3. The minimum Gasteiger partial charge on any atom is -0.480 e. The van der Waals surface area contributed by atoms with Gasteiger partial charge < -0.3 is 25.8 Å². The van der Waals surface area contributed by atoms with Crippen LogP contribution < -0.4 is 5.73 Å². The number of aliphatic carboxylic acids is 3. The molecule has 0 aromatic rings. The van der Waals surface area contributed by atoms with Gasteiger partial charge in [-0.2, -0.15) is 0 Å². The van der Waals surface area contributed by atoms with Crippen LogP contribution in [-0.4, -0.2) is 118 Å². The van der Waals surface area contributed by atoms with Gasteiger partial charge in [0.05, 0.1) is 19.6 Å². The predicted octanol–water partition coefficient (Wildman–Crippen LogP) is -1.31. The van der Waals surface area contributed by atoms with E-state index in [9.17, 15) is 34.5 Å². The van der Waals surface area contributed by atoms with Crippen molar-refractivity contribution in [2.75, 3.05) is 46.0 Å². The molecule has 0 amide bonds. The summed E-state index contributed by atoms with van der Waals surface area (Å²) >= 11 is 0. The fourth-order valence-electron chi connectivity index (χ4n) is 5.10. The Kier molecular flexibility index (Phi) is 9.16. The maximum Gasteiger partial charge on any atom is 0.317 e. The zero-order valence-corrected chi connectivity index (χ0v) is 17.5. The fraction of sp³-hybridized carbons (Fsp3) is 0.789. The number of rotatable bonds is 12. The van der Waals surface area contributed by atoms with Gasteiger partial charge in [0.1, 0.15) is 6.73 Å². The van der Waals surface area contributed by atoms with E-state index in [1.807, 2.05) is 4.90 Å². The predicted molar refractivity (Wildman–Crippen MR) is 107 cm³/mol. The third kappa shape index (κ3) is 6.60. The molecule has 2 rings (SSSR count). The van der Waals surface area contributed by atoms with Gasteiger partial charge in [-0.3, -0.25) is 33.9 Å². The van der Waals surface area contributed by atoms with E-state index in [4.69, 9.17) is 10.5 Å². The minimum absolute atomic E-state index is 0.0497. The molecule has 3 atom stereocenters. The average molecular weight is 444 g/mol. The van der Waals surface area contributed by atoms with E-state index in [0.29, 0.717) is 6.47 Å². The largest absolute Gasteiger partial charge is 0.480 e. The molecular weight excluding hydrogens is 412 g/mol. The summed E-state index contributed by atoms with van der Waals surface area (Å²) in [6.45, 7) is -0.555. The molecule has 5 N–H and O–H groups in total.